The molecule has 0 saturated carbocycles. The minimum Gasteiger partial charge on any atom is -0.369 e. The van der Waals surface area contributed by atoms with E-state index in [4.69, 9.17) is 4.74 Å². The van der Waals surface area contributed by atoms with Gasteiger partial charge in [0.05, 0.1) is 18.2 Å². The predicted molar refractivity (Wildman–Crippen MR) is 91.8 cm³/mol. The molecule has 1 aliphatic rings. The fraction of sp³-hybridized carbons (Fsp3) is 0.389. The number of rotatable bonds is 4. The van der Waals surface area contributed by atoms with Gasteiger partial charge in [0.1, 0.15) is 17.6 Å². The molecule has 3 aromatic heterocycles. The topological polar surface area (TPSA) is 73.4 Å². The van der Waals surface area contributed by atoms with Crippen LogP contribution in [0.25, 0.3) is 5.65 Å². The Labute approximate surface area is 145 Å². The lowest BCUT2D eigenvalue weighted by Crippen LogP contribution is -2.32. The molecule has 3 aromatic rings. The molecule has 0 spiro atoms. The summed E-state index contributed by atoms with van der Waals surface area (Å²) in [6.07, 6.45) is 7.98. The zero-order valence-corrected chi connectivity index (χ0v) is 14.3. The van der Waals surface area contributed by atoms with Crippen LogP contribution >= 0.6 is 0 Å². The number of carbonyl (C=O) groups is 1. The van der Waals surface area contributed by atoms with E-state index in [0.29, 0.717) is 19.6 Å². The van der Waals surface area contributed by atoms with Crippen LogP contribution in [-0.4, -0.2) is 31.4 Å². The first-order valence-corrected chi connectivity index (χ1v) is 8.42. The highest BCUT2D eigenvalue weighted by Gasteiger charge is 2.37. The van der Waals surface area contributed by atoms with E-state index in [-0.39, 0.29) is 17.9 Å². The molecule has 7 nitrogen and oxygen atoms in total. The Morgan fingerprint density at radius 2 is 2.28 bits per heavy atom. The Morgan fingerprint density at radius 1 is 1.40 bits per heavy atom. The molecule has 0 unspecified atom stereocenters. The maximum Gasteiger partial charge on any atom is 0.226 e. The summed E-state index contributed by atoms with van der Waals surface area (Å²) in [6.45, 7) is 3.02. The van der Waals surface area contributed by atoms with E-state index in [1.807, 2.05) is 53.7 Å². The van der Waals surface area contributed by atoms with Gasteiger partial charge in [-0.25, -0.2) is 9.97 Å². The number of ether oxygens (including phenoxy) is 1. The van der Waals surface area contributed by atoms with Gasteiger partial charge in [-0.05, 0) is 25.0 Å². The molecule has 1 N–H and O–H groups in total. The normalized spacial score (nSPS) is 20.2. The summed E-state index contributed by atoms with van der Waals surface area (Å²) < 4.78 is 9.64. The van der Waals surface area contributed by atoms with E-state index in [9.17, 15) is 4.79 Å². The third kappa shape index (κ3) is 3.02. The zero-order chi connectivity index (χ0) is 17.4. The van der Waals surface area contributed by atoms with Crippen molar-refractivity contribution < 1.29 is 9.53 Å². The number of carbonyl (C=O) groups excluding carboxylic acids is 1. The average molecular weight is 339 g/mol. The number of fused-ring (bicyclic) bond motifs is 1. The lowest BCUT2D eigenvalue weighted by Gasteiger charge is -2.17. The van der Waals surface area contributed by atoms with Gasteiger partial charge in [0.25, 0.3) is 0 Å². The van der Waals surface area contributed by atoms with Crippen LogP contribution in [0.15, 0.2) is 36.9 Å². The summed E-state index contributed by atoms with van der Waals surface area (Å²) in [5, 5.41) is 3.00. The standard InChI is InChI=1S/C18H21N5O2/c1-12-3-4-15-21-13(11-23(15)10-12)9-20-18(24)14-5-8-25-16(14)17-19-6-7-22(17)2/h3-4,6-7,10-11,14,16H,5,8-9H2,1-2H3,(H,20,24)/t14-,16-/m1/s1. The van der Waals surface area contributed by atoms with Crippen molar-refractivity contribution in [3.8, 4) is 0 Å². The molecule has 0 bridgehead atoms. The highest BCUT2D eigenvalue weighted by Crippen LogP contribution is 2.33. The van der Waals surface area contributed by atoms with Crippen molar-refractivity contribution >= 4 is 11.6 Å². The first-order valence-electron chi connectivity index (χ1n) is 8.42. The highest BCUT2D eigenvalue weighted by molar-refractivity contribution is 5.79. The van der Waals surface area contributed by atoms with Crippen molar-refractivity contribution in [3.05, 3.63) is 54.0 Å². The Kier molecular flexibility index (Phi) is 4.01. The van der Waals surface area contributed by atoms with Gasteiger partial charge in [0.15, 0.2) is 0 Å². The van der Waals surface area contributed by atoms with Gasteiger partial charge in [-0.3, -0.25) is 4.79 Å². The smallest absolute Gasteiger partial charge is 0.226 e. The second-order valence-electron chi connectivity index (χ2n) is 6.50. The second kappa shape index (κ2) is 6.33. The summed E-state index contributed by atoms with van der Waals surface area (Å²) in [5.41, 5.74) is 2.89. The minimum atomic E-state index is -0.288. The van der Waals surface area contributed by atoms with E-state index in [1.165, 1.54) is 5.56 Å². The Morgan fingerprint density at radius 3 is 3.08 bits per heavy atom. The third-order valence-electron chi connectivity index (χ3n) is 4.63. The number of nitrogens with zero attached hydrogens (tertiary/aromatic N) is 4. The van der Waals surface area contributed by atoms with Crippen LogP contribution in [0, 0.1) is 12.8 Å². The molecule has 25 heavy (non-hydrogen) atoms. The molecule has 1 aliphatic heterocycles. The van der Waals surface area contributed by atoms with Gasteiger partial charge < -0.3 is 19.0 Å². The number of hydrogen-bond donors (Lipinski definition) is 1. The SMILES string of the molecule is Cc1ccc2nc(CNC(=O)[C@@H]3CCO[C@H]3c3nccn3C)cn2c1. The summed E-state index contributed by atoms with van der Waals surface area (Å²) in [5.74, 6) is 0.556. The quantitative estimate of drug-likeness (QED) is 0.786. The van der Waals surface area contributed by atoms with Crippen LogP contribution in [0.4, 0.5) is 0 Å². The fourth-order valence-corrected chi connectivity index (χ4v) is 3.31. The van der Waals surface area contributed by atoms with Gasteiger partial charge in [-0.1, -0.05) is 6.07 Å². The van der Waals surface area contributed by atoms with E-state index in [2.05, 4.69) is 15.3 Å². The van der Waals surface area contributed by atoms with Gasteiger partial charge >= 0.3 is 0 Å². The summed E-state index contributed by atoms with van der Waals surface area (Å²) in [4.78, 5) is 21.5. The fourth-order valence-electron chi connectivity index (χ4n) is 3.31. The van der Waals surface area contributed by atoms with Crippen LogP contribution in [-0.2, 0) is 23.1 Å². The Bertz CT molecular complexity index is 913. The van der Waals surface area contributed by atoms with E-state index in [0.717, 1.165) is 17.2 Å². The molecule has 1 saturated heterocycles. The molecule has 2 atom stereocenters. The lowest BCUT2D eigenvalue weighted by atomic mass is 10.00. The van der Waals surface area contributed by atoms with Crippen molar-refractivity contribution in [1.82, 2.24) is 24.3 Å². The van der Waals surface area contributed by atoms with Gasteiger partial charge in [0.2, 0.25) is 5.91 Å². The summed E-state index contributed by atoms with van der Waals surface area (Å²) >= 11 is 0. The van der Waals surface area contributed by atoms with Crippen molar-refractivity contribution in [3.63, 3.8) is 0 Å². The zero-order valence-electron chi connectivity index (χ0n) is 14.3. The number of hydrogen-bond acceptors (Lipinski definition) is 4. The lowest BCUT2D eigenvalue weighted by molar-refractivity contribution is -0.127. The molecule has 1 fully saturated rings. The van der Waals surface area contributed by atoms with Crippen LogP contribution in [0.3, 0.4) is 0 Å². The number of imidazole rings is 2. The number of amides is 1. The van der Waals surface area contributed by atoms with Crippen molar-refractivity contribution in [2.24, 2.45) is 13.0 Å². The van der Waals surface area contributed by atoms with E-state index < -0.39 is 0 Å². The van der Waals surface area contributed by atoms with Crippen molar-refractivity contribution in [2.75, 3.05) is 6.61 Å². The largest absolute Gasteiger partial charge is 0.369 e. The first-order chi connectivity index (χ1) is 12.1. The number of aromatic nitrogens is 4. The van der Waals surface area contributed by atoms with Crippen LogP contribution in [0.5, 0.6) is 0 Å². The Balaban J connectivity index is 1.45. The first kappa shape index (κ1) is 15.8. The number of nitrogens with one attached hydrogen (secondary N) is 1. The molecular weight excluding hydrogens is 318 g/mol. The van der Waals surface area contributed by atoms with Gasteiger partial charge in [-0.15, -0.1) is 0 Å². The molecule has 0 aromatic carbocycles. The molecule has 7 heteroatoms. The number of aryl methyl sites for hydroxylation is 2. The van der Waals surface area contributed by atoms with E-state index >= 15 is 0 Å². The molecular formula is C18H21N5O2. The molecule has 4 heterocycles. The molecule has 4 rings (SSSR count). The van der Waals surface area contributed by atoms with Crippen LogP contribution in [0.2, 0.25) is 0 Å². The van der Waals surface area contributed by atoms with Crippen LogP contribution < -0.4 is 5.32 Å². The molecule has 0 aliphatic carbocycles. The van der Waals surface area contributed by atoms with Crippen LogP contribution in [0.1, 0.15) is 29.6 Å². The second-order valence-corrected chi connectivity index (χ2v) is 6.50. The minimum absolute atomic E-state index is 0.0151. The van der Waals surface area contributed by atoms with Gasteiger partial charge in [0, 0.05) is 38.4 Å². The molecule has 130 valence electrons. The third-order valence-corrected chi connectivity index (χ3v) is 4.63. The van der Waals surface area contributed by atoms with Crippen molar-refractivity contribution in [2.45, 2.75) is 26.0 Å². The summed E-state index contributed by atoms with van der Waals surface area (Å²) in [6, 6.07) is 4.00. The number of pyridine rings is 1. The highest BCUT2D eigenvalue weighted by atomic mass is 16.5. The predicted octanol–water partition coefficient (Wildman–Crippen LogP) is 1.77. The maximum absolute atomic E-state index is 12.6. The summed E-state index contributed by atoms with van der Waals surface area (Å²) in [7, 11) is 1.91. The maximum atomic E-state index is 12.6. The Hall–Kier alpha value is -2.67. The van der Waals surface area contributed by atoms with Gasteiger partial charge in [-0.2, -0.15) is 0 Å². The molecule has 0 radical (unpaired) electrons. The van der Waals surface area contributed by atoms with Crippen molar-refractivity contribution in [1.29, 1.82) is 0 Å². The monoisotopic (exact) mass is 339 g/mol. The van der Waals surface area contributed by atoms with E-state index in [1.54, 1.807) is 6.20 Å². The average Bonchev–Trinajstić information content (AvgIpc) is 3.30. The molecule has 1 amide bonds.